The highest BCUT2D eigenvalue weighted by Crippen LogP contribution is 2.51. The molecular formula is C23H22ClF3O3. The quantitative estimate of drug-likeness (QED) is 0.494. The number of aliphatic carboxylic acids is 1. The molecule has 2 fully saturated rings. The molecule has 1 atom stereocenters. The molecule has 0 heterocycles. The van der Waals surface area contributed by atoms with Crippen LogP contribution in [0.15, 0.2) is 36.4 Å². The number of carbonyl (C=O) groups is 1. The summed E-state index contributed by atoms with van der Waals surface area (Å²) in [5.74, 6) is -2.62. The number of benzene rings is 2. The van der Waals surface area contributed by atoms with E-state index in [0.29, 0.717) is 11.1 Å². The number of carboxylic acid groups (broad SMARTS) is 1. The minimum atomic E-state index is -4.79. The molecule has 0 saturated heterocycles. The first-order chi connectivity index (χ1) is 14.3. The van der Waals surface area contributed by atoms with E-state index in [4.69, 9.17) is 16.3 Å². The van der Waals surface area contributed by atoms with Gasteiger partial charge in [-0.1, -0.05) is 54.8 Å². The van der Waals surface area contributed by atoms with Crippen molar-refractivity contribution in [1.82, 2.24) is 0 Å². The molecule has 0 radical (unpaired) electrons. The Balaban J connectivity index is 1.92. The molecule has 2 saturated carbocycles. The molecule has 0 spiro atoms. The van der Waals surface area contributed by atoms with Crippen LogP contribution in [-0.4, -0.2) is 17.7 Å². The van der Waals surface area contributed by atoms with Crippen LogP contribution < -0.4 is 4.74 Å². The van der Waals surface area contributed by atoms with Crippen LogP contribution in [0.1, 0.15) is 49.1 Å². The molecule has 0 amide bonds. The van der Waals surface area contributed by atoms with E-state index in [-0.39, 0.29) is 35.4 Å². The predicted molar refractivity (Wildman–Crippen MR) is 108 cm³/mol. The van der Waals surface area contributed by atoms with Crippen LogP contribution in [0.25, 0.3) is 11.1 Å². The van der Waals surface area contributed by atoms with Gasteiger partial charge >= 0.3 is 12.1 Å². The Morgan fingerprint density at radius 1 is 1.13 bits per heavy atom. The first kappa shape index (κ1) is 21.0. The molecular weight excluding hydrogens is 417 g/mol. The summed E-state index contributed by atoms with van der Waals surface area (Å²) in [4.78, 5) is 12.0. The Morgan fingerprint density at radius 3 is 2.30 bits per heavy atom. The van der Waals surface area contributed by atoms with Crippen molar-refractivity contribution in [3.8, 4) is 16.9 Å². The fourth-order valence-electron chi connectivity index (χ4n) is 3.72. The zero-order valence-corrected chi connectivity index (χ0v) is 17.0. The highest BCUT2D eigenvalue weighted by Gasteiger charge is 2.44. The third-order valence-corrected chi connectivity index (χ3v) is 6.09. The van der Waals surface area contributed by atoms with Crippen molar-refractivity contribution in [1.29, 1.82) is 0 Å². The smallest absolute Gasteiger partial charge is 0.420 e. The lowest BCUT2D eigenvalue weighted by molar-refractivity contribution is -0.142. The van der Waals surface area contributed by atoms with E-state index in [1.54, 1.807) is 30.3 Å². The van der Waals surface area contributed by atoms with Crippen LogP contribution in [0.2, 0.25) is 5.02 Å². The summed E-state index contributed by atoms with van der Waals surface area (Å²) in [5.41, 5.74) is -0.353. The highest BCUT2D eigenvalue weighted by molar-refractivity contribution is 6.35. The minimum Gasteiger partial charge on any atom is -0.491 e. The van der Waals surface area contributed by atoms with Gasteiger partial charge in [0.05, 0.1) is 17.5 Å². The number of hydrogen-bond acceptors (Lipinski definition) is 2. The summed E-state index contributed by atoms with van der Waals surface area (Å²) in [7, 11) is 0. The minimum absolute atomic E-state index is 0.131. The van der Waals surface area contributed by atoms with Gasteiger partial charge < -0.3 is 9.84 Å². The van der Waals surface area contributed by atoms with Crippen LogP contribution in [0.3, 0.4) is 0 Å². The van der Waals surface area contributed by atoms with E-state index in [9.17, 15) is 23.1 Å². The maximum absolute atomic E-state index is 14.2. The summed E-state index contributed by atoms with van der Waals surface area (Å²) in [6, 6.07) is 10.1. The molecule has 2 aromatic rings. The van der Waals surface area contributed by atoms with Crippen LogP contribution in [0.4, 0.5) is 13.2 Å². The predicted octanol–water partition coefficient (Wildman–Crippen LogP) is 6.78. The van der Waals surface area contributed by atoms with Crippen LogP contribution in [0.5, 0.6) is 5.75 Å². The average Bonchev–Trinajstić information content (AvgIpc) is 3.60. The largest absolute Gasteiger partial charge is 0.491 e. The number of carboxylic acids is 1. The summed E-state index contributed by atoms with van der Waals surface area (Å²) in [6.07, 6.45) is -1.11. The molecule has 2 aliphatic rings. The fraction of sp³-hybridized carbons (Fsp3) is 0.435. The summed E-state index contributed by atoms with van der Waals surface area (Å²) in [5, 5.41) is 9.67. The van der Waals surface area contributed by atoms with Crippen LogP contribution in [0, 0.1) is 11.8 Å². The maximum atomic E-state index is 14.2. The second kappa shape index (κ2) is 8.14. The van der Waals surface area contributed by atoms with Gasteiger partial charge in [-0.05, 0) is 48.3 Å². The van der Waals surface area contributed by atoms with Crippen LogP contribution in [-0.2, 0) is 11.0 Å². The van der Waals surface area contributed by atoms with E-state index in [2.05, 4.69) is 0 Å². The van der Waals surface area contributed by atoms with E-state index >= 15 is 0 Å². The molecule has 0 aliphatic heterocycles. The molecule has 0 bridgehead atoms. The van der Waals surface area contributed by atoms with Gasteiger partial charge in [-0.15, -0.1) is 0 Å². The number of ether oxygens (including phenoxy) is 1. The lowest BCUT2D eigenvalue weighted by Crippen LogP contribution is -2.21. The SMILES string of the molecule is O=C(O)C(CC1CC1)c1cc(-c2ccccc2)c(Cl)c(OCC2CC2)c1C(F)(F)F. The van der Waals surface area contributed by atoms with Gasteiger partial charge in [-0.2, -0.15) is 13.2 Å². The van der Waals surface area contributed by atoms with Crippen molar-refractivity contribution in [2.24, 2.45) is 11.8 Å². The Labute approximate surface area is 177 Å². The van der Waals surface area contributed by atoms with Crippen molar-refractivity contribution in [2.75, 3.05) is 6.61 Å². The average molecular weight is 439 g/mol. The molecule has 4 rings (SSSR count). The van der Waals surface area contributed by atoms with Crippen molar-refractivity contribution < 1.29 is 27.8 Å². The molecule has 2 aromatic carbocycles. The molecule has 30 heavy (non-hydrogen) atoms. The Bertz CT molecular complexity index is 935. The monoisotopic (exact) mass is 438 g/mol. The summed E-state index contributed by atoms with van der Waals surface area (Å²) >= 11 is 6.46. The third kappa shape index (κ3) is 4.59. The Hall–Kier alpha value is -2.21. The normalized spacial score (nSPS) is 17.6. The molecule has 2 aliphatic carbocycles. The zero-order chi connectivity index (χ0) is 21.5. The molecule has 7 heteroatoms. The fourth-order valence-corrected chi connectivity index (χ4v) is 4.03. The summed E-state index contributed by atoms with van der Waals surface area (Å²) in [6.45, 7) is 0.140. The van der Waals surface area contributed by atoms with Gasteiger partial charge in [-0.3, -0.25) is 4.79 Å². The second-order valence-corrected chi connectivity index (χ2v) is 8.60. The van der Waals surface area contributed by atoms with Gasteiger partial charge in [0.15, 0.2) is 5.75 Å². The maximum Gasteiger partial charge on any atom is 0.420 e. The second-order valence-electron chi connectivity index (χ2n) is 8.22. The lowest BCUT2D eigenvalue weighted by Gasteiger charge is -2.24. The first-order valence-electron chi connectivity index (χ1n) is 10.1. The standard InChI is InChI=1S/C23H22ClF3O3/c24-20-16(15-4-2-1-3-5-15)11-17(18(22(28)29)10-13-6-7-13)19(23(25,26)27)21(20)30-12-14-8-9-14/h1-5,11,13-14,18H,6-10,12H2,(H,28,29). The summed E-state index contributed by atoms with van der Waals surface area (Å²) < 4.78 is 48.3. The van der Waals surface area contributed by atoms with E-state index in [1.165, 1.54) is 6.07 Å². The van der Waals surface area contributed by atoms with E-state index in [1.807, 2.05) is 0 Å². The highest BCUT2D eigenvalue weighted by atomic mass is 35.5. The van der Waals surface area contributed by atoms with Crippen molar-refractivity contribution in [3.63, 3.8) is 0 Å². The molecule has 160 valence electrons. The third-order valence-electron chi connectivity index (χ3n) is 5.72. The number of halogens is 4. The van der Waals surface area contributed by atoms with E-state index in [0.717, 1.165) is 25.7 Å². The molecule has 3 nitrogen and oxygen atoms in total. The molecule has 1 unspecified atom stereocenters. The Kier molecular flexibility index (Phi) is 5.71. The van der Waals surface area contributed by atoms with Crippen molar-refractivity contribution in [3.05, 3.63) is 52.5 Å². The van der Waals surface area contributed by atoms with E-state index < -0.39 is 29.4 Å². The topological polar surface area (TPSA) is 46.5 Å². The van der Waals surface area contributed by atoms with Crippen LogP contribution >= 0.6 is 11.6 Å². The molecule has 1 N–H and O–H groups in total. The van der Waals surface area contributed by atoms with Gasteiger partial charge in [-0.25, -0.2) is 0 Å². The first-order valence-corrected chi connectivity index (χ1v) is 10.5. The molecule has 0 aromatic heterocycles. The van der Waals surface area contributed by atoms with Crippen molar-refractivity contribution >= 4 is 17.6 Å². The van der Waals surface area contributed by atoms with Gasteiger partial charge in [0.1, 0.15) is 5.56 Å². The van der Waals surface area contributed by atoms with Gasteiger partial charge in [0.2, 0.25) is 0 Å². The number of alkyl halides is 3. The lowest BCUT2D eigenvalue weighted by atomic mass is 9.86. The van der Waals surface area contributed by atoms with Crippen molar-refractivity contribution in [2.45, 2.75) is 44.2 Å². The van der Waals surface area contributed by atoms with Gasteiger partial charge in [0.25, 0.3) is 0 Å². The Morgan fingerprint density at radius 2 is 1.77 bits per heavy atom. The number of rotatable bonds is 8. The van der Waals surface area contributed by atoms with Gasteiger partial charge in [0, 0.05) is 5.56 Å². The number of hydrogen-bond donors (Lipinski definition) is 1. The zero-order valence-electron chi connectivity index (χ0n) is 16.2.